The summed E-state index contributed by atoms with van der Waals surface area (Å²) in [7, 11) is 1.89. The maximum absolute atomic E-state index is 10.4. The van der Waals surface area contributed by atoms with Crippen LogP contribution in [0, 0.1) is 20.8 Å². The van der Waals surface area contributed by atoms with Gasteiger partial charge in [-0.05, 0) is 43.0 Å². The molecule has 3 nitrogen and oxygen atoms in total. The molecule has 0 aliphatic rings. The van der Waals surface area contributed by atoms with Gasteiger partial charge in [0.1, 0.15) is 0 Å². The molecule has 96 valence electrons. The van der Waals surface area contributed by atoms with E-state index in [0.29, 0.717) is 6.42 Å². The monoisotopic (exact) mass is 244 g/mol. The average Bonchev–Trinajstić information content (AvgIpc) is 2.62. The van der Waals surface area contributed by atoms with Crippen LogP contribution >= 0.6 is 0 Å². The van der Waals surface area contributed by atoms with Crippen LogP contribution < -0.4 is 0 Å². The summed E-state index contributed by atoms with van der Waals surface area (Å²) in [4.78, 5) is 0. The summed E-state index contributed by atoms with van der Waals surface area (Å²) in [6, 6.07) is 4.24. The molecule has 0 saturated carbocycles. The van der Waals surface area contributed by atoms with Gasteiger partial charge in [-0.15, -0.1) is 0 Å². The standard InChI is InChI=1S/C15H20N2O/c1-10-5-11(2)15(12(3)6-10)14(18)7-13-8-16-17(4)9-13/h5-6,8-9,14,18H,7H2,1-4H3. The van der Waals surface area contributed by atoms with Crippen molar-refractivity contribution in [3.8, 4) is 0 Å². The molecule has 0 spiro atoms. The Morgan fingerprint density at radius 1 is 1.22 bits per heavy atom. The van der Waals surface area contributed by atoms with Gasteiger partial charge in [-0.1, -0.05) is 17.7 Å². The number of rotatable bonds is 3. The predicted octanol–water partition coefficient (Wildman–Crippen LogP) is 2.62. The van der Waals surface area contributed by atoms with E-state index < -0.39 is 6.10 Å². The van der Waals surface area contributed by atoms with E-state index in [0.717, 1.165) is 22.3 Å². The minimum Gasteiger partial charge on any atom is -0.388 e. The van der Waals surface area contributed by atoms with E-state index in [1.165, 1.54) is 5.56 Å². The van der Waals surface area contributed by atoms with Crippen LogP contribution in [-0.4, -0.2) is 14.9 Å². The zero-order valence-electron chi connectivity index (χ0n) is 11.4. The molecule has 0 saturated heterocycles. The number of aryl methyl sites for hydroxylation is 4. The van der Waals surface area contributed by atoms with Crippen LogP contribution in [0.25, 0.3) is 0 Å². The van der Waals surface area contributed by atoms with Crippen molar-refractivity contribution in [1.82, 2.24) is 9.78 Å². The van der Waals surface area contributed by atoms with Crippen LogP contribution in [0.1, 0.15) is 33.9 Å². The molecule has 1 aromatic heterocycles. The lowest BCUT2D eigenvalue weighted by Gasteiger charge is -2.17. The van der Waals surface area contributed by atoms with Crippen molar-refractivity contribution in [2.24, 2.45) is 7.05 Å². The van der Waals surface area contributed by atoms with Crippen molar-refractivity contribution in [3.05, 3.63) is 52.3 Å². The summed E-state index contributed by atoms with van der Waals surface area (Å²) in [6.45, 7) is 6.20. The van der Waals surface area contributed by atoms with E-state index >= 15 is 0 Å². The first-order valence-corrected chi connectivity index (χ1v) is 6.20. The first-order chi connectivity index (χ1) is 8.47. The highest BCUT2D eigenvalue weighted by Gasteiger charge is 2.15. The number of nitrogens with zero attached hydrogens (tertiary/aromatic N) is 2. The summed E-state index contributed by atoms with van der Waals surface area (Å²) in [5, 5.41) is 14.5. The van der Waals surface area contributed by atoms with Crippen molar-refractivity contribution in [1.29, 1.82) is 0 Å². The van der Waals surface area contributed by atoms with Gasteiger partial charge in [0.25, 0.3) is 0 Å². The van der Waals surface area contributed by atoms with E-state index in [-0.39, 0.29) is 0 Å². The summed E-state index contributed by atoms with van der Waals surface area (Å²) in [6.07, 6.45) is 3.90. The highest BCUT2D eigenvalue weighted by molar-refractivity contribution is 5.39. The Morgan fingerprint density at radius 2 is 1.83 bits per heavy atom. The van der Waals surface area contributed by atoms with Crippen molar-refractivity contribution < 1.29 is 5.11 Å². The highest BCUT2D eigenvalue weighted by atomic mass is 16.3. The molecular weight excluding hydrogens is 224 g/mol. The predicted molar refractivity (Wildman–Crippen MR) is 72.5 cm³/mol. The molecule has 1 N–H and O–H groups in total. The smallest absolute Gasteiger partial charge is 0.0836 e. The molecule has 2 aromatic rings. The van der Waals surface area contributed by atoms with Crippen LogP contribution in [0.5, 0.6) is 0 Å². The summed E-state index contributed by atoms with van der Waals surface area (Å²) < 4.78 is 1.76. The fourth-order valence-corrected chi connectivity index (χ4v) is 2.62. The molecule has 1 unspecified atom stereocenters. The molecule has 0 amide bonds. The maximum atomic E-state index is 10.4. The fraction of sp³-hybridized carbons (Fsp3) is 0.400. The molecule has 3 heteroatoms. The molecule has 1 aromatic carbocycles. The van der Waals surface area contributed by atoms with Crippen molar-refractivity contribution >= 4 is 0 Å². The summed E-state index contributed by atoms with van der Waals surface area (Å²) in [5.41, 5.74) is 5.66. The molecule has 0 aliphatic heterocycles. The number of benzene rings is 1. The number of aliphatic hydroxyl groups is 1. The molecule has 0 aliphatic carbocycles. The van der Waals surface area contributed by atoms with Gasteiger partial charge >= 0.3 is 0 Å². The largest absolute Gasteiger partial charge is 0.388 e. The normalized spacial score (nSPS) is 12.7. The Kier molecular flexibility index (Phi) is 3.53. The molecule has 0 fully saturated rings. The molecule has 1 heterocycles. The third-order valence-electron chi connectivity index (χ3n) is 3.26. The maximum Gasteiger partial charge on any atom is 0.0836 e. The van der Waals surface area contributed by atoms with Gasteiger partial charge < -0.3 is 5.11 Å². The van der Waals surface area contributed by atoms with Gasteiger partial charge in [-0.2, -0.15) is 5.10 Å². The highest BCUT2D eigenvalue weighted by Crippen LogP contribution is 2.26. The van der Waals surface area contributed by atoms with Crippen LogP contribution in [-0.2, 0) is 13.5 Å². The zero-order valence-corrected chi connectivity index (χ0v) is 11.4. The van der Waals surface area contributed by atoms with Crippen LogP contribution in [0.3, 0.4) is 0 Å². The number of aromatic nitrogens is 2. The second-order valence-corrected chi connectivity index (χ2v) is 5.05. The Balaban J connectivity index is 2.26. The Hall–Kier alpha value is -1.61. The van der Waals surface area contributed by atoms with Gasteiger partial charge in [0, 0.05) is 19.7 Å². The van der Waals surface area contributed by atoms with Gasteiger partial charge in [-0.25, -0.2) is 0 Å². The lowest BCUT2D eigenvalue weighted by atomic mass is 9.93. The molecule has 18 heavy (non-hydrogen) atoms. The summed E-state index contributed by atoms with van der Waals surface area (Å²) in [5.74, 6) is 0. The molecule has 0 radical (unpaired) electrons. The number of aliphatic hydroxyl groups excluding tert-OH is 1. The van der Waals surface area contributed by atoms with Gasteiger partial charge in [0.05, 0.1) is 12.3 Å². The SMILES string of the molecule is Cc1cc(C)c(C(O)Cc2cnn(C)c2)c(C)c1. The van der Waals surface area contributed by atoms with E-state index in [1.54, 1.807) is 4.68 Å². The van der Waals surface area contributed by atoms with E-state index in [2.05, 4.69) is 38.0 Å². The Labute approximate surface area is 108 Å². The van der Waals surface area contributed by atoms with Crippen LogP contribution in [0.15, 0.2) is 24.5 Å². The van der Waals surface area contributed by atoms with Gasteiger partial charge in [0.15, 0.2) is 0 Å². The lowest BCUT2D eigenvalue weighted by molar-refractivity contribution is 0.177. The first kappa shape index (κ1) is 12.8. The molecular formula is C15H20N2O. The lowest BCUT2D eigenvalue weighted by Crippen LogP contribution is -2.06. The molecule has 2 rings (SSSR count). The van der Waals surface area contributed by atoms with Crippen molar-refractivity contribution in [3.63, 3.8) is 0 Å². The third-order valence-corrected chi connectivity index (χ3v) is 3.26. The minimum absolute atomic E-state index is 0.463. The zero-order chi connectivity index (χ0) is 13.3. The fourth-order valence-electron chi connectivity index (χ4n) is 2.62. The van der Waals surface area contributed by atoms with E-state index in [9.17, 15) is 5.11 Å². The van der Waals surface area contributed by atoms with Crippen molar-refractivity contribution in [2.75, 3.05) is 0 Å². The second-order valence-electron chi connectivity index (χ2n) is 5.05. The third kappa shape index (κ3) is 2.62. The Morgan fingerprint density at radius 3 is 2.33 bits per heavy atom. The molecule has 0 bridgehead atoms. The first-order valence-electron chi connectivity index (χ1n) is 6.20. The topological polar surface area (TPSA) is 38.1 Å². The van der Waals surface area contributed by atoms with E-state index in [1.807, 2.05) is 19.4 Å². The second kappa shape index (κ2) is 4.94. The van der Waals surface area contributed by atoms with Crippen LogP contribution in [0.4, 0.5) is 0 Å². The molecule has 1 atom stereocenters. The summed E-state index contributed by atoms with van der Waals surface area (Å²) >= 11 is 0. The average molecular weight is 244 g/mol. The van der Waals surface area contributed by atoms with Gasteiger partial charge in [0.2, 0.25) is 0 Å². The minimum atomic E-state index is -0.463. The quantitative estimate of drug-likeness (QED) is 0.901. The Bertz CT molecular complexity index is 534. The van der Waals surface area contributed by atoms with Crippen LogP contribution in [0.2, 0.25) is 0 Å². The number of hydrogen-bond acceptors (Lipinski definition) is 2. The van der Waals surface area contributed by atoms with Crippen molar-refractivity contribution in [2.45, 2.75) is 33.3 Å². The van der Waals surface area contributed by atoms with Gasteiger partial charge in [-0.3, -0.25) is 4.68 Å². The van der Waals surface area contributed by atoms with E-state index in [4.69, 9.17) is 0 Å². The number of hydrogen-bond donors (Lipinski definition) is 1.